The third-order valence-corrected chi connectivity index (χ3v) is 3.50. The molecule has 1 aliphatic rings. The third kappa shape index (κ3) is 3.19. The zero-order chi connectivity index (χ0) is 14.7. The minimum atomic E-state index is -1.06. The van der Waals surface area contributed by atoms with E-state index in [1.807, 2.05) is 18.2 Å². The Hall–Kier alpha value is -2.41. The maximum absolute atomic E-state index is 10.8. The summed E-state index contributed by atoms with van der Waals surface area (Å²) in [5, 5.41) is 12.3. The van der Waals surface area contributed by atoms with E-state index in [2.05, 4.69) is 19.9 Å². The summed E-state index contributed by atoms with van der Waals surface area (Å²) in [6.45, 7) is 4.10. The maximum Gasteiger partial charge on any atom is 0.358 e. The molecule has 7 nitrogen and oxygen atoms in total. The molecule has 1 fully saturated rings. The van der Waals surface area contributed by atoms with Gasteiger partial charge in [0, 0.05) is 38.4 Å². The summed E-state index contributed by atoms with van der Waals surface area (Å²) in [5.74, 6) is 0.508. The van der Waals surface area contributed by atoms with Gasteiger partial charge >= 0.3 is 5.97 Å². The average molecular weight is 288 g/mol. The predicted molar refractivity (Wildman–Crippen MR) is 75.2 cm³/mol. The summed E-state index contributed by atoms with van der Waals surface area (Å²) in [6, 6.07) is 7.37. The first-order valence-electron chi connectivity index (χ1n) is 6.79. The summed E-state index contributed by atoms with van der Waals surface area (Å²) in [4.78, 5) is 19.6. The molecule has 0 spiro atoms. The number of pyridine rings is 1. The Morgan fingerprint density at radius 1 is 1.29 bits per heavy atom. The van der Waals surface area contributed by atoms with Crippen molar-refractivity contribution in [1.82, 2.24) is 15.0 Å². The summed E-state index contributed by atoms with van der Waals surface area (Å²) in [7, 11) is 0. The molecule has 0 aliphatic carbocycles. The highest BCUT2D eigenvalue weighted by atomic mass is 16.5. The van der Waals surface area contributed by atoms with Crippen LogP contribution in [0.5, 0.6) is 0 Å². The standard InChI is InChI=1S/C14H16N4O3/c19-14(20)12-9-11(21-16-12)10-17-5-7-18(8-6-17)13-3-1-2-4-15-13/h1-4,9H,5-8,10H2,(H,19,20). The number of carbonyl (C=O) groups is 1. The molecule has 7 heteroatoms. The highest BCUT2D eigenvalue weighted by Gasteiger charge is 2.20. The van der Waals surface area contributed by atoms with Crippen molar-refractivity contribution in [2.24, 2.45) is 0 Å². The number of carboxylic acids is 1. The topological polar surface area (TPSA) is 82.7 Å². The second-order valence-corrected chi connectivity index (χ2v) is 4.93. The van der Waals surface area contributed by atoms with Crippen LogP contribution in [0.1, 0.15) is 16.2 Å². The normalized spacial score (nSPS) is 16.1. The van der Waals surface area contributed by atoms with Crippen molar-refractivity contribution in [3.8, 4) is 0 Å². The Labute approximate surface area is 121 Å². The molecule has 3 heterocycles. The molecule has 1 saturated heterocycles. The van der Waals surface area contributed by atoms with E-state index in [0.717, 1.165) is 32.0 Å². The highest BCUT2D eigenvalue weighted by Crippen LogP contribution is 2.14. The van der Waals surface area contributed by atoms with Crippen LogP contribution in [0.2, 0.25) is 0 Å². The van der Waals surface area contributed by atoms with Gasteiger partial charge in [-0.2, -0.15) is 0 Å². The lowest BCUT2D eigenvalue weighted by Crippen LogP contribution is -2.46. The predicted octanol–water partition coefficient (Wildman–Crippen LogP) is 1.09. The van der Waals surface area contributed by atoms with E-state index < -0.39 is 5.97 Å². The minimum Gasteiger partial charge on any atom is -0.476 e. The number of piperazine rings is 1. The van der Waals surface area contributed by atoms with Crippen LogP contribution < -0.4 is 4.90 Å². The van der Waals surface area contributed by atoms with Gasteiger partial charge in [0.25, 0.3) is 0 Å². The molecule has 21 heavy (non-hydrogen) atoms. The first-order chi connectivity index (χ1) is 10.2. The lowest BCUT2D eigenvalue weighted by atomic mass is 10.2. The van der Waals surface area contributed by atoms with Crippen LogP contribution in [0.25, 0.3) is 0 Å². The van der Waals surface area contributed by atoms with Crippen molar-refractivity contribution in [1.29, 1.82) is 0 Å². The molecule has 110 valence electrons. The third-order valence-electron chi connectivity index (χ3n) is 3.50. The summed E-state index contributed by atoms with van der Waals surface area (Å²) >= 11 is 0. The van der Waals surface area contributed by atoms with Gasteiger partial charge in [0.15, 0.2) is 11.5 Å². The van der Waals surface area contributed by atoms with Gasteiger partial charge in [-0.05, 0) is 12.1 Å². The van der Waals surface area contributed by atoms with Gasteiger partial charge in [-0.25, -0.2) is 9.78 Å². The van der Waals surface area contributed by atoms with Crippen LogP contribution in [0.3, 0.4) is 0 Å². The van der Waals surface area contributed by atoms with Crippen molar-refractivity contribution >= 4 is 11.8 Å². The van der Waals surface area contributed by atoms with E-state index in [-0.39, 0.29) is 5.69 Å². The lowest BCUT2D eigenvalue weighted by molar-refractivity contribution is 0.0685. The summed E-state index contributed by atoms with van der Waals surface area (Å²) in [6.07, 6.45) is 1.80. The van der Waals surface area contributed by atoms with Crippen LogP contribution in [0.4, 0.5) is 5.82 Å². The maximum atomic E-state index is 10.8. The number of nitrogens with zero attached hydrogens (tertiary/aromatic N) is 4. The summed E-state index contributed by atoms with van der Waals surface area (Å²) < 4.78 is 5.04. The van der Waals surface area contributed by atoms with E-state index >= 15 is 0 Å². The molecule has 0 aromatic carbocycles. The SMILES string of the molecule is O=C(O)c1cc(CN2CCN(c3ccccn3)CC2)on1. The van der Waals surface area contributed by atoms with Crippen LogP contribution in [-0.2, 0) is 6.54 Å². The first kappa shape index (κ1) is 13.6. The van der Waals surface area contributed by atoms with Crippen LogP contribution in [-0.4, -0.2) is 52.3 Å². The molecule has 0 unspecified atom stereocenters. The first-order valence-corrected chi connectivity index (χ1v) is 6.79. The second kappa shape index (κ2) is 5.92. The zero-order valence-electron chi connectivity index (χ0n) is 11.5. The molecular weight excluding hydrogens is 272 g/mol. The zero-order valence-corrected chi connectivity index (χ0v) is 11.5. The van der Waals surface area contributed by atoms with Crippen molar-refractivity contribution in [2.45, 2.75) is 6.54 Å². The fourth-order valence-electron chi connectivity index (χ4n) is 2.38. The molecule has 1 N–H and O–H groups in total. The molecule has 0 amide bonds. The van der Waals surface area contributed by atoms with Gasteiger partial charge in [0.1, 0.15) is 5.82 Å². The number of aromatic nitrogens is 2. The number of rotatable bonds is 4. The van der Waals surface area contributed by atoms with Gasteiger partial charge < -0.3 is 14.5 Å². The Bertz CT molecular complexity index is 606. The smallest absolute Gasteiger partial charge is 0.358 e. The van der Waals surface area contributed by atoms with Crippen LogP contribution >= 0.6 is 0 Å². The average Bonchev–Trinajstić information content (AvgIpc) is 2.98. The van der Waals surface area contributed by atoms with Gasteiger partial charge in [-0.1, -0.05) is 11.2 Å². The van der Waals surface area contributed by atoms with E-state index in [1.54, 1.807) is 6.20 Å². The molecule has 1 aliphatic heterocycles. The molecule has 0 bridgehead atoms. The highest BCUT2D eigenvalue weighted by molar-refractivity contribution is 5.85. The quantitative estimate of drug-likeness (QED) is 0.901. The Kier molecular flexibility index (Phi) is 3.83. The minimum absolute atomic E-state index is 0.0443. The summed E-state index contributed by atoms with van der Waals surface area (Å²) in [5.41, 5.74) is -0.0443. The molecule has 3 rings (SSSR count). The Balaban J connectivity index is 1.55. The van der Waals surface area contributed by atoms with E-state index in [0.29, 0.717) is 12.3 Å². The van der Waals surface area contributed by atoms with Gasteiger partial charge in [-0.3, -0.25) is 4.90 Å². The fraction of sp³-hybridized carbons (Fsp3) is 0.357. The van der Waals surface area contributed by atoms with Gasteiger partial charge in [0.2, 0.25) is 0 Å². The Morgan fingerprint density at radius 3 is 2.71 bits per heavy atom. The molecule has 0 radical (unpaired) electrons. The van der Waals surface area contributed by atoms with Gasteiger partial charge in [0.05, 0.1) is 6.54 Å². The van der Waals surface area contributed by atoms with Crippen molar-refractivity contribution < 1.29 is 14.4 Å². The van der Waals surface area contributed by atoms with Gasteiger partial charge in [-0.15, -0.1) is 0 Å². The largest absolute Gasteiger partial charge is 0.476 e. The fourth-order valence-corrected chi connectivity index (χ4v) is 2.38. The number of anilines is 1. The van der Waals surface area contributed by atoms with Crippen LogP contribution in [0.15, 0.2) is 35.0 Å². The number of hydrogen-bond donors (Lipinski definition) is 1. The lowest BCUT2D eigenvalue weighted by Gasteiger charge is -2.34. The van der Waals surface area contributed by atoms with Crippen molar-refractivity contribution in [3.63, 3.8) is 0 Å². The second-order valence-electron chi connectivity index (χ2n) is 4.93. The van der Waals surface area contributed by atoms with E-state index in [9.17, 15) is 4.79 Å². The molecule has 0 saturated carbocycles. The van der Waals surface area contributed by atoms with E-state index in [1.165, 1.54) is 6.07 Å². The molecule has 2 aromatic heterocycles. The molecule has 2 aromatic rings. The number of carboxylic acid groups (broad SMARTS) is 1. The number of aromatic carboxylic acids is 1. The number of hydrogen-bond acceptors (Lipinski definition) is 6. The van der Waals surface area contributed by atoms with Crippen molar-refractivity contribution in [2.75, 3.05) is 31.1 Å². The van der Waals surface area contributed by atoms with Crippen molar-refractivity contribution in [3.05, 3.63) is 41.9 Å². The van der Waals surface area contributed by atoms with E-state index in [4.69, 9.17) is 9.63 Å². The van der Waals surface area contributed by atoms with Crippen LogP contribution in [0, 0.1) is 0 Å². The molecule has 0 atom stereocenters. The Morgan fingerprint density at radius 2 is 2.10 bits per heavy atom. The monoisotopic (exact) mass is 288 g/mol. The molecular formula is C14H16N4O3.